The van der Waals surface area contributed by atoms with Gasteiger partial charge in [0.25, 0.3) is 0 Å². The number of amides is 1. The molecule has 5 nitrogen and oxygen atoms in total. The molecule has 112 valence electrons. The fourth-order valence-electron chi connectivity index (χ4n) is 1.74. The predicted octanol–water partition coefficient (Wildman–Crippen LogP) is 2.27. The predicted molar refractivity (Wildman–Crippen MR) is 73.9 cm³/mol. The first-order valence-electron chi connectivity index (χ1n) is 6.73. The minimum absolute atomic E-state index is 0.0325. The summed E-state index contributed by atoms with van der Waals surface area (Å²) in [6.45, 7) is 10.6. The van der Waals surface area contributed by atoms with Crippen LogP contribution < -0.4 is 5.32 Å². The van der Waals surface area contributed by atoms with Crippen molar-refractivity contribution < 1.29 is 19.4 Å². The molecule has 0 aliphatic carbocycles. The molecule has 0 fully saturated rings. The first-order chi connectivity index (χ1) is 8.56. The number of aliphatic hydroxyl groups is 1. The highest BCUT2D eigenvalue weighted by Gasteiger charge is 2.28. The molecule has 0 saturated carbocycles. The largest absolute Gasteiger partial charge is 0.444 e. The summed E-state index contributed by atoms with van der Waals surface area (Å²) >= 11 is 0. The number of carbonyl (C=O) groups is 2. The van der Waals surface area contributed by atoms with Gasteiger partial charge >= 0.3 is 6.09 Å². The fourth-order valence-corrected chi connectivity index (χ4v) is 1.74. The van der Waals surface area contributed by atoms with Gasteiger partial charge in [0.15, 0.2) is 0 Å². The smallest absolute Gasteiger partial charge is 0.407 e. The van der Waals surface area contributed by atoms with Crippen molar-refractivity contribution in [1.29, 1.82) is 0 Å². The zero-order valence-corrected chi connectivity index (χ0v) is 12.8. The highest BCUT2D eigenvalue weighted by molar-refractivity contribution is 5.76. The number of ether oxygens (including phenoxy) is 1. The molecule has 0 aromatic heterocycles. The van der Waals surface area contributed by atoms with E-state index in [1.54, 1.807) is 20.8 Å². The van der Waals surface area contributed by atoms with Gasteiger partial charge in [-0.3, -0.25) is 4.79 Å². The summed E-state index contributed by atoms with van der Waals surface area (Å²) in [5.74, 6) is -0.0475. The number of alkyl carbamates (subject to hydrolysis) is 1. The van der Waals surface area contributed by atoms with Crippen LogP contribution in [0.15, 0.2) is 0 Å². The van der Waals surface area contributed by atoms with Crippen molar-refractivity contribution in [2.24, 2.45) is 5.92 Å². The van der Waals surface area contributed by atoms with Gasteiger partial charge in [-0.05, 0) is 33.6 Å². The molecule has 0 aromatic carbocycles. The van der Waals surface area contributed by atoms with E-state index in [4.69, 9.17) is 4.74 Å². The van der Waals surface area contributed by atoms with Crippen LogP contribution in [0.3, 0.4) is 0 Å². The van der Waals surface area contributed by atoms with Gasteiger partial charge in [0, 0.05) is 6.42 Å². The standard InChI is InChI=1S/C14H27NO4/c1-7-9(2)12(11(17)8-10(3)16)15-13(18)19-14(4,5)6/h9,11-12,17H,7-8H2,1-6H3,(H,15,18)/t9-,11+,12-/m0/s1. The van der Waals surface area contributed by atoms with Crippen molar-refractivity contribution in [1.82, 2.24) is 5.32 Å². The van der Waals surface area contributed by atoms with Crippen LogP contribution in [0.2, 0.25) is 0 Å². The van der Waals surface area contributed by atoms with Crippen LogP contribution in [0, 0.1) is 5.92 Å². The second-order valence-electron chi connectivity index (χ2n) is 6.03. The van der Waals surface area contributed by atoms with Crippen molar-refractivity contribution in [2.75, 3.05) is 0 Å². The number of aliphatic hydroxyl groups excluding tert-OH is 1. The molecule has 2 N–H and O–H groups in total. The molecule has 3 atom stereocenters. The van der Waals surface area contributed by atoms with E-state index in [2.05, 4.69) is 5.32 Å². The van der Waals surface area contributed by atoms with E-state index in [0.29, 0.717) is 0 Å². The molecule has 19 heavy (non-hydrogen) atoms. The highest BCUT2D eigenvalue weighted by Crippen LogP contribution is 2.15. The number of nitrogens with one attached hydrogen (secondary N) is 1. The van der Waals surface area contributed by atoms with Crippen LogP contribution in [0.1, 0.15) is 54.4 Å². The van der Waals surface area contributed by atoms with E-state index in [-0.39, 0.29) is 18.1 Å². The molecule has 0 aromatic rings. The third kappa shape index (κ3) is 7.82. The molecule has 1 amide bonds. The van der Waals surface area contributed by atoms with E-state index in [1.807, 2.05) is 13.8 Å². The van der Waals surface area contributed by atoms with Crippen LogP contribution in [0.4, 0.5) is 4.79 Å². The Morgan fingerprint density at radius 2 is 1.84 bits per heavy atom. The summed E-state index contributed by atoms with van der Waals surface area (Å²) in [4.78, 5) is 22.8. The molecule has 0 bridgehead atoms. The van der Waals surface area contributed by atoms with Crippen LogP contribution in [-0.4, -0.2) is 34.7 Å². The van der Waals surface area contributed by atoms with Crippen LogP contribution >= 0.6 is 0 Å². The normalized spacial score (nSPS) is 16.4. The second kappa shape index (κ2) is 7.48. The lowest BCUT2D eigenvalue weighted by molar-refractivity contribution is -0.119. The summed E-state index contributed by atoms with van der Waals surface area (Å²) in [7, 11) is 0. The zero-order chi connectivity index (χ0) is 15.2. The van der Waals surface area contributed by atoms with E-state index in [9.17, 15) is 14.7 Å². The van der Waals surface area contributed by atoms with Crippen LogP contribution in [0.25, 0.3) is 0 Å². The Labute approximate surface area is 115 Å². The summed E-state index contributed by atoms with van der Waals surface area (Å²) in [6.07, 6.45) is -0.638. The third-order valence-electron chi connectivity index (χ3n) is 2.85. The Morgan fingerprint density at radius 1 is 1.32 bits per heavy atom. The Kier molecular flexibility index (Phi) is 7.05. The van der Waals surface area contributed by atoms with Gasteiger partial charge in [0.05, 0.1) is 12.1 Å². The molecule has 0 saturated heterocycles. The summed E-state index contributed by atoms with van der Waals surface area (Å²) in [6, 6.07) is -0.483. The van der Waals surface area contributed by atoms with Gasteiger partial charge in [-0.15, -0.1) is 0 Å². The first kappa shape index (κ1) is 17.9. The monoisotopic (exact) mass is 273 g/mol. The minimum atomic E-state index is -0.889. The molecule has 0 aliphatic rings. The van der Waals surface area contributed by atoms with Crippen molar-refractivity contribution in [3.63, 3.8) is 0 Å². The van der Waals surface area contributed by atoms with Crippen LogP contribution in [0.5, 0.6) is 0 Å². The number of hydrogen-bond donors (Lipinski definition) is 2. The van der Waals surface area contributed by atoms with Crippen molar-refractivity contribution in [3.05, 3.63) is 0 Å². The van der Waals surface area contributed by atoms with Gasteiger partial charge in [0.1, 0.15) is 11.4 Å². The average molecular weight is 273 g/mol. The molecular weight excluding hydrogens is 246 g/mol. The summed E-state index contributed by atoms with van der Waals surface area (Å²) in [5.41, 5.74) is -0.588. The number of Topliss-reactive ketones (excluding diaryl/α,β-unsaturated/α-hetero) is 1. The van der Waals surface area contributed by atoms with E-state index in [1.165, 1.54) is 6.92 Å². The van der Waals surface area contributed by atoms with E-state index >= 15 is 0 Å². The number of ketones is 1. The average Bonchev–Trinajstić information content (AvgIpc) is 2.21. The SMILES string of the molecule is CC[C@H](C)[C@H](NC(=O)OC(C)(C)C)[C@H](O)CC(C)=O. The Bertz CT molecular complexity index is 309. The molecule has 0 unspecified atom stereocenters. The Balaban J connectivity index is 4.68. The first-order valence-corrected chi connectivity index (χ1v) is 6.73. The van der Waals surface area contributed by atoms with Gasteiger partial charge < -0.3 is 15.2 Å². The minimum Gasteiger partial charge on any atom is -0.444 e. The Morgan fingerprint density at radius 3 is 2.21 bits per heavy atom. The lowest BCUT2D eigenvalue weighted by atomic mass is 9.92. The second-order valence-corrected chi connectivity index (χ2v) is 6.03. The van der Waals surface area contributed by atoms with Crippen molar-refractivity contribution >= 4 is 11.9 Å². The maximum absolute atomic E-state index is 11.8. The Hall–Kier alpha value is -1.10. The van der Waals surface area contributed by atoms with E-state index in [0.717, 1.165) is 6.42 Å². The maximum atomic E-state index is 11.8. The van der Waals surface area contributed by atoms with Gasteiger partial charge in [-0.1, -0.05) is 20.3 Å². The topological polar surface area (TPSA) is 75.6 Å². The highest BCUT2D eigenvalue weighted by atomic mass is 16.6. The van der Waals surface area contributed by atoms with Crippen molar-refractivity contribution in [3.8, 4) is 0 Å². The number of rotatable bonds is 6. The van der Waals surface area contributed by atoms with Gasteiger partial charge in [-0.25, -0.2) is 4.79 Å². The molecule has 0 heterocycles. The van der Waals surface area contributed by atoms with Gasteiger partial charge in [-0.2, -0.15) is 0 Å². The molecule has 0 radical (unpaired) electrons. The third-order valence-corrected chi connectivity index (χ3v) is 2.85. The van der Waals surface area contributed by atoms with Crippen LogP contribution in [-0.2, 0) is 9.53 Å². The molecule has 0 aliphatic heterocycles. The maximum Gasteiger partial charge on any atom is 0.407 e. The summed E-state index contributed by atoms with van der Waals surface area (Å²) < 4.78 is 5.17. The molecule has 5 heteroatoms. The lowest BCUT2D eigenvalue weighted by Crippen LogP contribution is -2.49. The number of carbonyl (C=O) groups excluding carboxylic acids is 2. The molecular formula is C14H27NO4. The van der Waals surface area contributed by atoms with Crippen molar-refractivity contribution in [2.45, 2.75) is 72.1 Å². The lowest BCUT2D eigenvalue weighted by Gasteiger charge is -2.30. The quantitative estimate of drug-likeness (QED) is 0.778. The zero-order valence-electron chi connectivity index (χ0n) is 12.8. The molecule has 0 spiro atoms. The summed E-state index contributed by atoms with van der Waals surface area (Å²) in [5, 5.41) is 12.7. The molecule has 0 rings (SSSR count). The van der Waals surface area contributed by atoms with E-state index < -0.39 is 23.8 Å². The fraction of sp³-hybridized carbons (Fsp3) is 0.857. The number of hydrogen-bond acceptors (Lipinski definition) is 4. The van der Waals surface area contributed by atoms with Gasteiger partial charge in [0.2, 0.25) is 0 Å².